The molecular formula is C21H20FN5O2. The van der Waals surface area contributed by atoms with Crippen molar-refractivity contribution in [1.82, 2.24) is 20.5 Å². The average Bonchev–Trinajstić information content (AvgIpc) is 3.18. The van der Waals surface area contributed by atoms with E-state index >= 15 is 0 Å². The summed E-state index contributed by atoms with van der Waals surface area (Å²) in [5.74, 6) is -0.457. The smallest absolute Gasteiger partial charge is 0.289 e. The summed E-state index contributed by atoms with van der Waals surface area (Å²) in [6, 6.07) is 15.5. The summed E-state index contributed by atoms with van der Waals surface area (Å²) in [5.41, 5.74) is 1.96. The fourth-order valence-electron chi connectivity index (χ4n) is 3.46. The standard InChI is InChI=1S/C21H20FN5O2/c1-27-17-10-6-5-9-14(17)15(22)12-16(21(27)29)23-20(28)19-24-18(25-26-19)11-13-7-3-2-4-8-13/h2-10,15-16H,11-12H2,1H3,(H,23,28)(H,24,25,26)/t15-,16-/m0/s1. The van der Waals surface area contributed by atoms with E-state index in [-0.39, 0.29) is 18.2 Å². The number of carbonyl (C=O) groups excluding carboxylic acids is 2. The number of para-hydroxylation sites is 1. The van der Waals surface area contributed by atoms with Crippen LogP contribution in [0.1, 0.15) is 40.2 Å². The number of H-pyrrole nitrogens is 1. The van der Waals surface area contributed by atoms with E-state index in [4.69, 9.17) is 0 Å². The largest absolute Gasteiger partial charge is 0.337 e. The van der Waals surface area contributed by atoms with Crippen LogP contribution in [0.2, 0.25) is 0 Å². The van der Waals surface area contributed by atoms with Crippen LogP contribution in [-0.2, 0) is 11.2 Å². The molecular weight excluding hydrogens is 373 g/mol. The second-order valence-electron chi connectivity index (χ2n) is 6.97. The van der Waals surface area contributed by atoms with Crippen LogP contribution in [0.25, 0.3) is 0 Å². The number of anilines is 1. The van der Waals surface area contributed by atoms with Crippen molar-refractivity contribution in [3.05, 3.63) is 77.4 Å². The number of hydrogen-bond acceptors (Lipinski definition) is 4. The van der Waals surface area contributed by atoms with Crippen LogP contribution in [-0.4, -0.2) is 40.1 Å². The number of nitrogens with zero attached hydrogens (tertiary/aromatic N) is 3. The molecule has 148 valence electrons. The molecule has 4 rings (SSSR count). The summed E-state index contributed by atoms with van der Waals surface area (Å²) in [4.78, 5) is 29.6. The van der Waals surface area contributed by atoms with Gasteiger partial charge in [0.15, 0.2) is 0 Å². The second-order valence-corrected chi connectivity index (χ2v) is 6.97. The van der Waals surface area contributed by atoms with Gasteiger partial charge in [-0.1, -0.05) is 48.5 Å². The van der Waals surface area contributed by atoms with Crippen LogP contribution >= 0.6 is 0 Å². The first-order valence-electron chi connectivity index (χ1n) is 9.30. The minimum Gasteiger partial charge on any atom is -0.337 e. The first kappa shape index (κ1) is 18.8. The number of halogens is 1. The van der Waals surface area contributed by atoms with Gasteiger partial charge in [-0.25, -0.2) is 4.39 Å². The summed E-state index contributed by atoms with van der Waals surface area (Å²) < 4.78 is 14.8. The van der Waals surface area contributed by atoms with Gasteiger partial charge in [0, 0.05) is 31.1 Å². The monoisotopic (exact) mass is 393 g/mol. The highest BCUT2D eigenvalue weighted by Crippen LogP contribution is 2.35. The van der Waals surface area contributed by atoms with Crippen molar-refractivity contribution in [2.24, 2.45) is 0 Å². The van der Waals surface area contributed by atoms with E-state index in [1.807, 2.05) is 30.3 Å². The predicted octanol–water partition coefficient (Wildman–Crippen LogP) is 2.57. The Kier molecular flexibility index (Phi) is 5.07. The fourth-order valence-corrected chi connectivity index (χ4v) is 3.46. The quantitative estimate of drug-likeness (QED) is 0.713. The number of aromatic nitrogens is 3. The number of benzene rings is 2. The zero-order valence-corrected chi connectivity index (χ0v) is 15.8. The molecule has 2 atom stereocenters. The van der Waals surface area contributed by atoms with Crippen molar-refractivity contribution in [1.29, 1.82) is 0 Å². The van der Waals surface area contributed by atoms with E-state index in [1.165, 1.54) is 4.90 Å². The Hall–Kier alpha value is -3.55. The molecule has 7 nitrogen and oxygen atoms in total. The van der Waals surface area contributed by atoms with Crippen molar-refractivity contribution in [2.45, 2.75) is 25.1 Å². The van der Waals surface area contributed by atoms with Crippen LogP contribution in [0, 0.1) is 0 Å². The summed E-state index contributed by atoms with van der Waals surface area (Å²) >= 11 is 0. The van der Waals surface area contributed by atoms with Crippen LogP contribution in [0.4, 0.5) is 10.1 Å². The third-order valence-electron chi connectivity index (χ3n) is 4.98. The van der Waals surface area contributed by atoms with E-state index < -0.39 is 18.1 Å². The highest BCUT2D eigenvalue weighted by molar-refractivity contribution is 6.02. The molecule has 1 aromatic heterocycles. The highest BCUT2D eigenvalue weighted by atomic mass is 19.1. The van der Waals surface area contributed by atoms with Gasteiger partial charge in [0.2, 0.25) is 11.7 Å². The number of carbonyl (C=O) groups is 2. The van der Waals surface area contributed by atoms with Crippen LogP contribution in [0.5, 0.6) is 0 Å². The van der Waals surface area contributed by atoms with Crippen molar-refractivity contribution in [2.75, 3.05) is 11.9 Å². The number of hydrogen-bond donors (Lipinski definition) is 2. The summed E-state index contributed by atoms with van der Waals surface area (Å²) in [6.07, 6.45) is -1.01. The zero-order valence-electron chi connectivity index (χ0n) is 15.8. The van der Waals surface area contributed by atoms with Crippen molar-refractivity contribution in [3.8, 4) is 0 Å². The Labute approximate surface area is 167 Å². The topological polar surface area (TPSA) is 91.0 Å². The predicted molar refractivity (Wildman–Crippen MR) is 105 cm³/mol. The molecule has 0 radical (unpaired) electrons. The van der Waals surface area contributed by atoms with E-state index in [2.05, 4.69) is 20.5 Å². The van der Waals surface area contributed by atoms with Gasteiger partial charge < -0.3 is 15.2 Å². The molecule has 0 saturated heterocycles. The fraction of sp³-hybridized carbons (Fsp3) is 0.238. The summed E-state index contributed by atoms with van der Waals surface area (Å²) in [6.45, 7) is 0. The minimum atomic E-state index is -1.37. The molecule has 3 aromatic rings. The van der Waals surface area contributed by atoms with Crippen LogP contribution < -0.4 is 10.2 Å². The molecule has 8 heteroatoms. The van der Waals surface area contributed by atoms with E-state index in [9.17, 15) is 14.0 Å². The number of likely N-dealkylation sites (N-methyl/N-ethyl adjacent to an activating group) is 1. The van der Waals surface area contributed by atoms with Gasteiger partial charge in [-0.05, 0) is 11.6 Å². The Balaban J connectivity index is 1.48. The number of amides is 2. The van der Waals surface area contributed by atoms with Gasteiger partial charge in [-0.3, -0.25) is 9.59 Å². The Morgan fingerprint density at radius 3 is 2.69 bits per heavy atom. The molecule has 29 heavy (non-hydrogen) atoms. The van der Waals surface area contributed by atoms with E-state index in [1.54, 1.807) is 31.3 Å². The van der Waals surface area contributed by atoms with Crippen LogP contribution in [0.15, 0.2) is 54.6 Å². The van der Waals surface area contributed by atoms with Crippen molar-refractivity contribution >= 4 is 17.5 Å². The Morgan fingerprint density at radius 2 is 1.90 bits per heavy atom. The molecule has 0 saturated carbocycles. The van der Waals surface area contributed by atoms with Crippen LogP contribution in [0.3, 0.4) is 0 Å². The summed E-state index contributed by atoms with van der Waals surface area (Å²) in [5, 5.41) is 10.5. The number of nitrogens with one attached hydrogen (secondary N) is 2. The molecule has 0 fully saturated rings. The average molecular weight is 393 g/mol. The first-order valence-corrected chi connectivity index (χ1v) is 9.30. The molecule has 0 spiro atoms. The van der Waals surface area contributed by atoms with Gasteiger partial charge in [0.1, 0.15) is 18.0 Å². The number of fused-ring (bicyclic) bond motifs is 1. The number of aromatic amines is 1. The molecule has 0 aliphatic carbocycles. The Bertz CT molecular complexity index is 1040. The normalized spacial score (nSPS) is 18.8. The zero-order chi connectivity index (χ0) is 20.4. The minimum absolute atomic E-state index is 0.0106. The lowest BCUT2D eigenvalue weighted by Crippen LogP contribution is -2.47. The SMILES string of the molecule is CN1C(=O)[C@@H](NC(=O)c2nnc(Cc3ccccc3)[nH]2)C[C@H](F)c2ccccc21. The third kappa shape index (κ3) is 3.87. The molecule has 2 N–H and O–H groups in total. The maximum atomic E-state index is 14.8. The van der Waals surface area contributed by atoms with Gasteiger partial charge in [0.05, 0.1) is 0 Å². The third-order valence-corrected chi connectivity index (χ3v) is 4.98. The highest BCUT2D eigenvalue weighted by Gasteiger charge is 2.34. The van der Waals surface area contributed by atoms with Gasteiger partial charge in [-0.15, -0.1) is 10.2 Å². The van der Waals surface area contributed by atoms with Crippen molar-refractivity contribution in [3.63, 3.8) is 0 Å². The van der Waals surface area contributed by atoms with Crippen molar-refractivity contribution < 1.29 is 14.0 Å². The maximum Gasteiger partial charge on any atom is 0.289 e. The second kappa shape index (κ2) is 7.83. The Morgan fingerprint density at radius 1 is 1.17 bits per heavy atom. The molecule has 0 unspecified atom stereocenters. The maximum absolute atomic E-state index is 14.8. The van der Waals surface area contributed by atoms with E-state index in [0.717, 1.165) is 5.56 Å². The molecule has 2 amide bonds. The molecule has 1 aliphatic heterocycles. The molecule has 0 bridgehead atoms. The van der Waals surface area contributed by atoms with Gasteiger partial charge in [-0.2, -0.15) is 0 Å². The lowest BCUT2D eigenvalue weighted by Gasteiger charge is -2.21. The molecule has 1 aliphatic rings. The first-order chi connectivity index (χ1) is 14.0. The summed E-state index contributed by atoms with van der Waals surface area (Å²) in [7, 11) is 1.57. The van der Waals surface area contributed by atoms with Gasteiger partial charge in [0.25, 0.3) is 5.91 Å². The number of alkyl halides is 1. The lowest BCUT2D eigenvalue weighted by molar-refractivity contribution is -0.120. The van der Waals surface area contributed by atoms with E-state index in [0.29, 0.717) is 23.5 Å². The number of rotatable bonds is 4. The van der Waals surface area contributed by atoms with Gasteiger partial charge >= 0.3 is 0 Å². The molecule has 2 aromatic carbocycles. The molecule has 2 heterocycles. The lowest BCUT2D eigenvalue weighted by atomic mass is 10.0.